The highest BCUT2D eigenvalue weighted by atomic mass is 15.1. The summed E-state index contributed by atoms with van der Waals surface area (Å²) in [4.78, 5) is 2.50. The van der Waals surface area contributed by atoms with Crippen LogP contribution in [0.25, 0.3) is 0 Å². The normalized spacial score (nSPS) is 23.8. The Morgan fingerprint density at radius 2 is 2.08 bits per heavy atom. The Labute approximate surface area is 76.3 Å². The summed E-state index contributed by atoms with van der Waals surface area (Å²) in [7, 11) is 0. The van der Waals surface area contributed by atoms with Crippen LogP contribution < -0.4 is 5.32 Å². The molecule has 1 heterocycles. The van der Waals surface area contributed by atoms with Gasteiger partial charge in [-0.1, -0.05) is 13.8 Å². The minimum Gasteiger partial charge on any atom is -0.314 e. The third-order valence-corrected chi connectivity index (χ3v) is 2.85. The summed E-state index contributed by atoms with van der Waals surface area (Å²) in [5.74, 6) is 0. The molecule has 0 aromatic carbocycles. The van der Waals surface area contributed by atoms with Crippen molar-refractivity contribution < 1.29 is 0 Å². The van der Waals surface area contributed by atoms with Gasteiger partial charge in [0.15, 0.2) is 0 Å². The first-order valence-electron chi connectivity index (χ1n) is 5.32. The SMILES string of the molecule is CCN(CC)CCC1CCCN1. The van der Waals surface area contributed by atoms with E-state index in [0.717, 1.165) is 6.04 Å². The Kier molecular flexibility index (Phi) is 4.62. The van der Waals surface area contributed by atoms with Gasteiger partial charge < -0.3 is 10.2 Å². The van der Waals surface area contributed by atoms with Crippen LogP contribution in [0, 0.1) is 0 Å². The van der Waals surface area contributed by atoms with Gasteiger partial charge in [0.1, 0.15) is 0 Å². The molecule has 2 nitrogen and oxygen atoms in total. The van der Waals surface area contributed by atoms with Crippen LogP contribution in [0.4, 0.5) is 0 Å². The molecule has 0 saturated carbocycles. The third kappa shape index (κ3) is 3.11. The molecule has 1 aliphatic rings. The molecule has 0 spiro atoms. The Morgan fingerprint density at radius 3 is 2.58 bits per heavy atom. The van der Waals surface area contributed by atoms with Gasteiger partial charge >= 0.3 is 0 Å². The zero-order valence-corrected chi connectivity index (χ0v) is 8.47. The second-order valence-corrected chi connectivity index (χ2v) is 3.61. The van der Waals surface area contributed by atoms with Crippen molar-refractivity contribution in [1.29, 1.82) is 0 Å². The van der Waals surface area contributed by atoms with Crippen LogP contribution in [-0.2, 0) is 0 Å². The molecule has 0 bridgehead atoms. The van der Waals surface area contributed by atoms with Crippen molar-refractivity contribution in [1.82, 2.24) is 10.2 Å². The van der Waals surface area contributed by atoms with Crippen molar-refractivity contribution >= 4 is 0 Å². The van der Waals surface area contributed by atoms with Crippen molar-refractivity contribution in [3.63, 3.8) is 0 Å². The number of hydrogen-bond acceptors (Lipinski definition) is 2. The topological polar surface area (TPSA) is 15.3 Å². The standard InChI is InChI=1S/C10H22N2/c1-3-12(4-2)9-7-10-6-5-8-11-10/h10-11H,3-9H2,1-2H3. The van der Waals surface area contributed by atoms with Gasteiger partial charge in [-0.15, -0.1) is 0 Å². The van der Waals surface area contributed by atoms with E-state index in [4.69, 9.17) is 0 Å². The number of nitrogens with one attached hydrogen (secondary N) is 1. The summed E-state index contributed by atoms with van der Waals surface area (Å²) < 4.78 is 0. The second-order valence-electron chi connectivity index (χ2n) is 3.61. The average molecular weight is 170 g/mol. The van der Waals surface area contributed by atoms with Crippen molar-refractivity contribution in [3.05, 3.63) is 0 Å². The first kappa shape index (κ1) is 10.0. The smallest absolute Gasteiger partial charge is 0.00797 e. The molecule has 0 aromatic heterocycles. The average Bonchev–Trinajstić information content (AvgIpc) is 2.59. The maximum atomic E-state index is 3.53. The van der Waals surface area contributed by atoms with Gasteiger partial charge in [-0.25, -0.2) is 0 Å². The maximum absolute atomic E-state index is 3.53. The minimum absolute atomic E-state index is 0.811. The van der Waals surface area contributed by atoms with Gasteiger partial charge in [0.2, 0.25) is 0 Å². The lowest BCUT2D eigenvalue weighted by Crippen LogP contribution is -2.30. The molecule has 0 aromatic rings. The molecule has 1 unspecified atom stereocenters. The van der Waals surface area contributed by atoms with Crippen LogP contribution in [0.2, 0.25) is 0 Å². The molecular formula is C10H22N2. The molecule has 0 amide bonds. The van der Waals surface area contributed by atoms with Gasteiger partial charge in [-0.3, -0.25) is 0 Å². The van der Waals surface area contributed by atoms with Gasteiger partial charge in [0, 0.05) is 6.04 Å². The van der Waals surface area contributed by atoms with Crippen molar-refractivity contribution in [2.75, 3.05) is 26.2 Å². The quantitative estimate of drug-likeness (QED) is 0.672. The van der Waals surface area contributed by atoms with Crippen LogP contribution in [-0.4, -0.2) is 37.1 Å². The lowest BCUT2D eigenvalue weighted by molar-refractivity contribution is 0.286. The van der Waals surface area contributed by atoms with Gasteiger partial charge in [0.25, 0.3) is 0 Å². The van der Waals surface area contributed by atoms with E-state index in [1.807, 2.05) is 0 Å². The molecule has 1 saturated heterocycles. The molecular weight excluding hydrogens is 148 g/mol. The summed E-state index contributed by atoms with van der Waals surface area (Å²) in [6.07, 6.45) is 4.10. The lowest BCUT2D eigenvalue weighted by Gasteiger charge is -2.20. The Morgan fingerprint density at radius 1 is 1.33 bits per heavy atom. The van der Waals surface area contributed by atoms with E-state index in [-0.39, 0.29) is 0 Å². The Bertz CT molecular complexity index is 102. The highest BCUT2D eigenvalue weighted by molar-refractivity contribution is 4.75. The molecule has 0 radical (unpaired) electrons. The van der Waals surface area contributed by atoms with Crippen molar-refractivity contribution in [3.8, 4) is 0 Å². The zero-order chi connectivity index (χ0) is 8.81. The third-order valence-electron chi connectivity index (χ3n) is 2.85. The fourth-order valence-corrected chi connectivity index (χ4v) is 1.88. The monoisotopic (exact) mass is 170 g/mol. The molecule has 72 valence electrons. The summed E-state index contributed by atoms with van der Waals surface area (Å²) in [5, 5.41) is 3.53. The van der Waals surface area contributed by atoms with E-state index < -0.39 is 0 Å². The molecule has 2 heteroatoms. The molecule has 1 N–H and O–H groups in total. The highest BCUT2D eigenvalue weighted by Gasteiger charge is 2.13. The summed E-state index contributed by atoms with van der Waals surface area (Å²) >= 11 is 0. The molecule has 1 rings (SSSR count). The molecule has 1 atom stereocenters. The highest BCUT2D eigenvalue weighted by Crippen LogP contribution is 2.08. The predicted octanol–water partition coefficient (Wildman–Crippen LogP) is 1.47. The fraction of sp³-hybridized carbons (Fsp3) is 1.00. The van der Waals surface area contributed by atoms with Gasteiger partial charge in [0.05, 0.1) is 0 Å². The Balaban J connectivity index is 2.06. The first-order chi connectivity index (χ1) is 5.86. The molecule has 1 aliphatic heterocycles. The van der Waals surface area contributed by atoms with Crippen LogP contribution >= 0.6 is 0 Å². The van der Waals surface area contributed by atoms with E-state index in [1.165, 1.54) is 45.4 Å². The van der Waals surface area contributed by atoms with E-state index in [2.05, 4.69) is 24.1 Å². The van der Waals surface area contributed by atoms with E-state index in [1.54, 1.807) is 0 Å². The van der Waals surface area contributed by atoms with Crippen LogP contribution in [0.5, 0.6) is 0 Å². The Hall–Kier alpha value is -0.0800. The largest absolute Gasteiger partial charge is 0.314 e. The molecule has 12 heavy (non-hydrogen) atoms. The van der Waals surface area contributed by atoms with Crippen molar-refractivity contribution in [2.45, 2.75) is 39.2 Å². The zero-order valence-electron chi connectivity index (χ0n) is 8.47. The van der Waals surface area contributed by atoms with E-state index in [9.17, 15) is 0 Å². The minimum atomic E-state index is 0.811. The van der Waals surface area contributed by atoms with Crippen molar-refractivity contribution in [2.24, 2.45) is 0 Å². The van der Waals surface area contributed by atoms with E-state index >= 15 is 0 Å². The fourth-order valence-electron chi connectivity index (χ4n) is 1.88. The van der Waals surface area contributed by atoms with Crippen LogP contribution in [0.1, 0.15) is 33.1 Å². The molecule has 1 fully saturated rings. The lowest BCUT2D eigenvalue weighted by atomic mass is 10.1. The number of hydrogen-bond donors (Lipinski definition) is 1. The predicted molar refractivity (Wildman–Crippen MR) is 53.4 cm³/mol. The number of rotatable bonds is 5. The second kappa shape index (κ2) is 5.55. The van der Waals surface area contributed by atoms with Gasteiger partial charge in [-0.2, -0.15) is 0 Å². The number of nitrogens with zero attached hydrogens (tertiary/aromatic N) is 1. The van der Waals surface area contributed by atoms with Gasteiger partial charge in [-0.05, 0) is 45.4 Å². The van der Waals surface area contributed by atoms with Crippen LogP contribution in [0.3, 0.4) is 0 Å². The summed E-state index contributed by atoms with van der Waals surface area (Å²) in [6, 6.07) is 0.811. The first-order valence-corrected chi connectivity index (χ1v) is 5.32. The van der Waals surface area contributed by atoms with Crippen LogP contribution in [0.15, 0.2) is 0 Å². The van der Waals surface area contributed by atoms with E-state index in [0.29, 0.717) is 0 Å². The summed E-state index contributed by atoms with van der Waals surface area (Å²) in [5.41, 5.74) is 0. The maximum Gasteiger partial charge on any atom is 0.00797 e. The summed E-state index contributed by atoms with van der Waals surface area (Å²) in [6.45, 7) is 9.39. The molecule has 0 aliphatic carbocycles.